The van der Waals surface area contributed by atoms with Crippen LogP contribution in [0, 0.1) is 5.92 Å². The summed E-state index contributed by atoms with van der Waals surface area (Å²) in [7, 11) is 0. The SMILES string of the molecule is CC(C)C(C)NC(=O)c1cc2ccccc2nc1-c1ccncc1. The summed E-state index contributed by atoms with van der Waals surface area (Å²) in [5, 5.41) is 4.03. The third-order valence-corrected chi connectivity index (χ3v) is 4.28. The number of amides is 1. The molecule has 2 aromatic heterocycles. The van der Waals surface area contributed by atoms with Crippen molar-refractivity contribution >= 4 is 16.8 Å². The first-order valence-corrected chi connectivity index (χ1v) is 8.17. The summed E-state index contributed by atoms with van der Waals surface area (Å²) >= 11 is 0. The largest absolute Gasteiger partial charge is 0.349 e. The number of hydrogen-bond donors (Lipinski definition) is 1. The van der Waals surface area contributed by atoms with E-state index >= 15 is 0 Å². The maximum atomic E-state index is 12.8. The second kappa shape index (κ2) is 6.79. The molecule has 0 fully saturated rings. The zero-order valence-corrected chi connectivity index (χ0v) is 14.2. The lowest BCUT2D eigenvalue weighted by atomic mass is 10.0. The fraction of sp³-hybridized carbons (Fsp3) is 0.250. The number of nitrogens with one attached hydrogen (secondary N) is 1. The highest BCUT2D eigenvalue weighted by molar-refractivity contribution is 6.03. The molecule has 1 amide bonds. The van der Waals surface area contributed by atoms with E-state index in [1.54, 1.807) is 12.4 Å². The van der Waals surface area contributed by atoms with Gasteiger partial charge in [-0.2, -0.15) is 0 Å². The zero-order valence-electron chi connectivity index (χ0n) is 14.2. The van der Waals surface area contributed by atoms with Gasteiger partial charge in [0.25, 0.3) is 5.91 Å². The van der Waals surface area contributed by atoms with Gasteiger partial charge in [0.2, 0.25) is 0 Å². The van der Waals surface area contributed by atoms with Crippen molar-refractivity contribution in [3.8, 4) is 11.3 Å². The molecule has 1 aromatic carbocycles. The first-order valence-electron chi connectivity index (χ1n) is 8.17. The van der Waals surface area contributed by atoms with Crippen LogP contribution in [0.3, 0.4) is 0 Å². The van der Waals surface area contributed by atoms with Gasteiger partial charge in [0.1, 0.15) is 0 Å². The summed E-state index contributed by atoms with van der Waals surface area (Å²) in [6, 6.07) is 13.6. The molecule has 0 spiro atoms. The summed E-state index contributed by atoms with van der Waals surface area (Å²) in [5.74, 6) is 0.271. The summed E-state index contributed by atoms with van der Waals surface area (Å²) in [5.41, 5.74) is 3.04. The van der Waals surface area contributed by atoms with Gasteiger partial charge in [-0.3, -0.25) is 9.78 Å². The Morgan fingerprint density at radius 3 is 2.46 bits per heavy atom. The molecule has 1 unspecified atom stereocenters. The van der Waals surface area contributed by atoms with E-state index in [9.17, 15) is 4.79 Å². The van der Waals surface area contributed by atoms with Crippen LogP contribution in [-0.2, 0) is 0 Å². The van der Waals surface area contributed by atoms with Crippen LogP contribution in [0.4, 0.5) is 0 Å². The monoisotopic (exact) mass is 319 g/mol. The number of aromatic nitrogens is 2. The van der Waals surface area contributed by atoms with E-state index < -0.39 is 0 Å². The van der Waals surface area contributed by atoms with Crippen molar-refractivity contribution in [2.75, 3.05) is 0 Å². The van der Waals surface area contributed by atoms with Crippen LogP contribution in [0.15, 0.2) is 54.9 Å². The minimum absolute atomic E-state index is 0.0919. The van der Waals surface area contributed by atoms with Gasteiger partial charge in [-0.05, 0) is 37.1 Å². The third kappa shape index (κ3) is 3.27. The van der Waals surface area contributed by atoms with E-state index in [1.165, 1.54) is 0 Å². The van der Waals surface area contributed by atoms with E-state index in [0.717, 1.165) is 16.5 Å². The van der Waals surface area contributed by atoms with Crippen molar-refractivity contribution in [1.29, 1.82) is 0 Å². The number of hydrogen-bond acceptors (Lipinski definition) is 3. The van der Waals surface area contributed by atoms with E-state index in [4.69, 9.17) is 4.98 Å². The Kier molecular flexibility index (Phi) is 4.56. The molecule has 2 heterocycles. The van der Waals surface area contributed by atoms with Gasteiger partial charge in [0.15, 0.2) is 0 Å². The molecule has 122 valence electrons. The van der Waals surface area contributed by atoms with Crippen molar-refractivity contribution in [3.05, 3.63) is 60.4 Å². The van der Waals surface area contributed by atoms with E-state index in [0.29, 0.717) is 17.2 Å². The maximum Gasteiger partial charge on any atom is 0.253 e. The van der Waals surface area contributed by atoms with Crippen LogP contribution in [0.2, 0.25) is 0 Å². The average Bonchev–Trinajstić information content (AvgIpc) is 2.61. The van der Waals surface area contributed by atoms with Crippen LogP contribution >= 0.6 is 0 Å². The lowest BCUT2D eigenvalue weighted by molar-refractivity contribution is 0.0931. The highest BCUT2D eigenvalue weighted by Gasteiger charge is 2.18. The number of benzene rings is 1. The average molecular weight is 319 g/mol. The molecule has 24 heavy (non-hydrogen) atoms. The predicted molar refractivity (Wildman–Crippen MR) is 96.7 cm³/mol. The number of carbonyl (C=O) groups is 1. The molecule has 0 aliphatic rings. The van der Waals surface area contributed by atoms with Gasteiger partial charge in [-0.25, -0.2) is 4.98 Å². The summed E-state index contributed by atoms with van der Waals surface area (Å²) in [6.45, 7) is 6.20. The first kappa shape index (κ1) is 16.1. The maximum absolute atomic E-state index is 12.8. The molecular weight excluding hydrogens is 298 g/mol. The van der Waals surface area contributed by atoms with Gasteiger partial charge in [-0.1, -0.05) is 32.0 Å². The number of fused-ring (bicyclic) bond motifs is 1. The quantitative estimate of drug-likeness (QED) is 0.788. The Bertz CT molecular complexity index is 859. The van der Waals surface area contributed by atoms with Gasteiger partial charge >= 0.3 is 0 Å². The summed E-state index contributed by atoms with van der Waals surface area (Å²) in [6.07, 6.45) is 3.43. The van der Waals surface area contributed by atoms with Crippen molar-refractivity contribution in [2.45, 2.75) is 26.8 Å². The van der Waals surface area contributed by atoms with Gasteiger partial charge in [0.05, 0.1) is 16.8 Å². The van der Waals surface area contributed by atoms with E-state index in [2.05, 4.69) is 24.1 Å². The van der Waals surface area contributed by atoms with Gasteiger partial charge in [0, 0.05) is 29.4 Å². The Morgan fingerprint density at radius 1 is 1.04 bits per heavy atom. The molecule has 4 heteroatoms. The zero-order chi connectivity index (χ0) is 17.1. The van der Waals surface area contributed by atoms with Crippen LogP contribution in [0.25, 0.3) is 22.2 Å². The molecule has 0 aliphatic carbocycles. The van der Waals surface area contributed by atoms with Crippen LogP contribution in [0.1, 0.15) is 31.1 Å². The van der Waals surface area contributed by atoms with Crippen LogP contribution < -0.4 is 5.32 Å². The topological polar surface area (TPSA) is 54.9 Å². The van der Waals surface area contributed by atoms with Crippen LogP contribution in [0.5, 0.6) is 0 Å². The van der Waals surface area contributed by atoms with Crippen molar-refractivity contribution in [2.24, 2.45) is 5.92 Å². The molecule has 0 bridgehead atoms. The van der Waals surface area contributed by atoms with Crippen molar-refractivity contribution < 1.29 is 4.79 Å². The van der Waals surface area contributed by atoms with Crippen molar-refractivity contribution in [1.82, 2.24) is 15.3 Å². The normalized spacial score (nSPS) is 12.3. The molecule has 0 aliphatic heterocycles. The van der Waals surface area contributed by atoms with Gasteiger partial charge < -0.3 is 5.32 Å². The molecule has 4 nitrogen and oxygen atoms in total. The van der Waals surface area contributed by atoms with E-state index in [-0.39, 0.29) is 11.9 Å². The molecule has 3 rings (SSSR count). The highest BCUT2D eigenvalue weighted by Crippen LogP contribution is 2.25. The molecule has 1 atom stereocenters. The standard InChI is InChI=1S/C20H21N3O/c1-13(2)14(3)22-20(24)17-12-16-6-4-5-7-18(16)23-19(17)15-8-10-21-11-9-15/h4-14H,1-3H3,(H,22,24). The summed E-state index contributed by atoms with van der Waals surface area (Å²) in [4.78, 5) is 21.6. The third-order valence-electron chi connectivity index (χ3n) is 4.28. The lowest BCUT2D eigenvalue weighted by Crippen LogP contribution is -2.36. The molecule has 1 N–H and O–H groups in total. The second-order valence-electron chi connectivity index (χ2n) is 6.32. The number of nitrogens with zero attached hydrogens (tertiary/aromatic N) is 2. The molecule has 0 saturated carbocycles. The number of pyridine rings is 2. The number of para-hydroxylation sites is 1. The Hall–Kier alpha value is -2.75. The molecular formula is C20H21N3O. The lowest BCUT2D eigenvalue weighted by Gasteiger charge is -2.19. The predicted octanol–water partition coefficient (Wildman–Crippen LogP) is 4.07. The van der Waals surface area contributed by atoms with Gasteiger partial charge in [-0.15, -0.1) is 0 Å². The Labute approximate surface area is 142 Å². The molecule has 0 saturated heterocycles. The fourth-order valence-electron chi connectivity index (χ4n) is 2.47. The Morgan fingerprint density at radius 2 is 1.75 bits per heavy atom. The second-order valence-corrected chi connectivity index (χ2v) is 6.32. The highest BCUT2D eigenvalue weighted by atomic mass is 16.1. The number of rotatable bonds is 4. The summed E-state index contributed by atoms with van der Waals surface area (Å²) < 4.78 is 0. The number of carbonyl (C=O) groups excluding carboxylic acids is 1. The molecule has 0 radical (unpaired) electrons. The smallest absolute Gasteiger partial charge is 0.253 e. The minimum atomic E-state index is -0.0961. The van der Waals surface area contributed by atoms with Crippen molar-refractivity contribution in [3.63, 3.8) is 0 Å². The molecule has 3 aromatic rings. The minimum Gasteiger partial charge on any atom is -0.349 e. The van der Waals surface area contributed by atoms with Crippen LogP contribution in [-0.4, -0.2) is 21.9 Å². The Balaban J connectivity index is 2.12. The fourth-order valence-corrected chi connectivity index (χ4v) is 2.47. The first-order chi connectivity index (χ1) is 11.6. The van der Waals surface area contributed by atoms with E-state index in [1.807, 2.05) is 49.4 Å².